The third-order valence-corrected chi connectivity index (χ3v) is 4.68. The van der Waals surface area contributed by atoms with Crippen molar-refractivity contribution in [3.8, 4) is 0 Å². The van der Waals surface area contributed by atoms with Crippen LogP contribution in [0, 0.1) is 13.8 Å². The summed E-state index contributed by atoms with van der Waals surface area (Å²) in [5, 5.41) is 9.88. The second-order valence-electron chi connectivity index (χ2n) is 4.74. The first-order valence-electron chi connectivity index (χ1n) is 7.16. The Bertz CT molecular complexity index is 586. The van der Waals surface area contributed by atoms with Gasteiger partial charge in [0.05, 0.1) is 17.2 Å². The highest BCUT2D eigenvalue weighted by Crippen LogP contribution is 2.15. The van der Waals surface area contributed by atoms with E-state index in [9.17, 15) is 0 Å². The monoisotopic (exact) mass is 322 g/mol. The molecule has 2 heterocycles. The molecule has 0 radical (unpaired) electrons. The number of aromatic nitrogens is 1. The number of rotatable bonds is 6. The molecular weight excluding hydrogens is 300 g/mol. The molecule has 0 bridgehead atoms. The Morgan fingerprint density at radius 3 is 2.76 bits per heavy atom. The topological polar surface area (TPSA) is 49.3 Å². The van der Waals surface area contributed by atoms with Crippen LogP contribution < -0.4 is 10.6 Å². The van der Waals surface area contributed by atoms with Crippen LogP contribution in [-0.4, -0.2) is 24.0 Å². The summed E-state index contributed by atoms with van der Waals surface area (Å²) in [6.45, 7) is 8.68. The van der Waals surface area contributed by atoms with E-state index in [4.69, 9.17) is 0 Å². The standard InChI is InChI=1S/C15H22N4S2/c1-4-16-15(18-9-14-6-5-11(2)21-14)17-8-7-13-10-20-12(3)19-13/h5-6,10H,4,7-9H2,1-3H3,(H2,16,17,18). The van der Waals surface area contributed by atoms with Crippen molar-refractivity contribution in [2.24, 2.45) is 4.99 Å². The van der Waals surface area contributed by atoms with E-state index in [1.54, 1.807) is 22.7 Å². The Morgan fingerprint density at radius 2 is 2.14 bits per heavy atom. The van der Waals surface area contributed by atoms with E-state index in [-0.39, 0.29) is 0 Å². The summed E-state index contributed by atoms with van der Waals surface area (Å²) in [6, 6.07) is 4.28. The molecule has 0 saturated carbocycles. The molecule has 2 rings (SSSR count). The van der Waals surface area contributed by atoms with E-state index in [1.165, 1.54) is 9.75 Å². The fourth-order valence-electron chi connectivity index (χ4n) is 1.90. The zero-order valence-electron chi connectivity index (χ0n) is 12.8. The number of nitrogens with zero attached hydrogens (tertiary/aromatic N) is 2. The lowest BCUT2D eigenvalue weighted by Gasteiger charge is -2.10. The summed E-state index contributed by atoms with van der Waals surface area (Å²) in [6.07, 6.45) is 0.923. The van der Waals surface area contributed by atoms with Gasteiger partial charge in [-0.3, -0.25) is 0 Å². The number of nitrogens with one attached hydrogen (secondary N) is 2. The molecule has 0 aliphatic carbocycles. The smallest absolute Gasteiger partial charge is 0.191 e. The molecule has 0 aromatic carbocycles. The van der Waals surface area contributed by atoms with Crippen molar-refractivity contribution in [2.75, 3.05) is 13.1 Å². The van der Waals surface area contributed by atoms with Gasteiger partial charge in [-0.05, 0) is 32.9 Å². The number of hydrogen-bond donors (Lipinski definition) is 2. The summed E-state index contributed by atoms with van der Waals surface area (Å²) in [5.41, 5.74) is 1.15. The molecule has 0 aliphatic rings. The average Bonchev–Trinajstić information content (AvgIpc) is 3.05. The minimum absolute atomic E-state index is 0.726. The number of aliphatic imine (C=N–C) groups is 1. The molecule has 2 N–H and O–H groups in total. The minimum Gasteiger partial charge on any atom is -0.357 e. The molecule has 0 aliphatic heterocycles. The molecule has 0 saturated heterocycles. The highest BCUT2D eigenvalue weighted by Gasteiger charge is 2.01. The van der Waals surface area contributed by atoms with Gasteiger partial charge in [0.1, 0.15) is 0 Å². The van der Waals surface area contributed by atoms with Crippen LogP contribution in [-0.2, 0) is 13.0 Å². The van der Waals surface area contributed by atoms with E-state index in [2.05, 4.69) is 52.0 Å². The van der Waals surface area contributed by atoms with E-state index in [0.29, 0.717) is 0 Å². The van der Waals surface area contributed by atoms with Gasteiger partial charge in [0.15, 0.2) is 5.96 Å². The largest absolute Gasteiger partial charge is 0.357 e. The van der Waals surface area contributed by atoms with Gasteiger partial charge in [-0.2, -0.15) is 0 Å². The molecule has 2 aromatic heterocycles. The Hall–Kier alpha value is -1.40. The van der Waals surface area contributed by atoms with Crippen LogP contribution in [0.15, 0.2) is 22.5 Å². The molecule has 0 fully saturated rings. The quantitative estimate of drug-likeness (QED) is 0.634. The minimum atomic E-state index is 0.726. The second kappa shape index (κ2) is 8.14. The van der Waals surface area contributed by atoms with Crippen LogP contribution in [0.4, 0.5) is 0 Å². The predicted molar refractivity (Wildman–Crippen MR) is 92.4 cm³/mol. The lowest BCUT2D eigenvalue weighted by Crippen LogP contribution is -2.38. The molecule has 114 valence electrons. The van der Waals surface area contributed by atoms with Crippen molar-refractivity contribution < 1.29 is 0 Å². The summed E-state index contributed by atoms with van der Waals surface area (Å²) in [4.78, 5) is 11.7. The summed E-state index contributed by atoms with van der Waals surface area (Å²) < 4.78 is 0. The van der Waals surface area contributed by atoms with Gasteiger partial charge in [-0.1, -0.05) is 0 Å². The molecule has 0 amide bonds. The summed E-state index contributed by atoms with van der Waals surface area (Å²) in [7, 11) is 0. The van der Waals surface area contributed by atoms with Crippen molar-refractivity contribution in [1.29, 1.82) is 0 Å². The molecule has 0 unspecified atom stereocenters. The summed E-state index contributed by atoms with van der Waals surface area (Å²) >= 11 is 3.50. The van der Waals surface area contributed by atoms with Crippen LogP contribution in [0.2, 0.25) is 0 Å². The Balaban J connectivity index is 1.83. The van der Waals surface area contributed by atoms with Gasteiger partial charge in [0.25, 0.3) is 0 Å². The maximum Gasteiger partial charge on any atom is 0.191 e. The highest BCUT2D eigenvalue weighted by atomic mass is 32.1. The fraction of sp³-hybridized carbons (Fsp3) is 0.467. The third-order valence-electron chi connectivity index (χ3n) is 2.87. The van der Waals surface area contributed by atoms with Gasteiger partial charge < -0.3 is 10.6 Å². The molecule has 4 nitrogen and oxygen atoms in total. The normalized spacial score (nSPS) is 11.7. The van der Waals surface area contributed by atoms with Crippen LogP contribution in [0.5, 0.6) is 0 Å². The average molecular weight is 323 g/mol. The van der Waals surface area contributed by atoms with Crippen molar-refractivity contribution in [3.63, 3.8) is 0 Å². The molecule has 6 heteroatoms. The zero-order chi connectivity index (χ0) is 15.1. The number of thiazole rings is 1. The predicted octanol–water partition coefficient (Wildman–Crippen LogP) is 3.12. The van der Waals surface area contributed by atoms with Gasteiger partial charge in [-0.25, -0.2) is 9.98 Å². The SMILES string of the molecule is CCNC(=NCc1ccc(C)s1)NCCc1csc(C)n1. The first-order valence-corrected chi connectivity index (χ1v) is 8.85. The van der Waals surface area contributed by atoms with Crippen LogP contribution in [0.3, 0.4) is 0 Å². The van der Waals surface area contributed by atoms with Crippen LogP contribution >= 0.6 is 22.7 Å². The molecule has 0 spiro atoms. The third kappa shape index (κ3) is 5.47. The highest BCUT2D eigenvalue weighted by molar-refractivity contribution is 7.11. The second-order valence-corrected chi connectivity index (χ2v) is 7.18. The van der Waals surface area contributed by atoms with Crippen molar-refractivity contribution in [2.45, 2.75) is 33.7 Å². The fourth-order valence-corrected chi connectivity index (χ4v) is 3.36. The first kappa shape index (κ1) is 16.0. The maximum atomic E-state index is 4.62. The Morgan fingerprint density at radius 1 is 1.29 bits per heavy atom. The zero-order valence-corrected chi connectivity index (χ0v) is 14.4. The van der Waals surface area contributed by atoms with Gasteiger partial charge >= 0.3 is 0 Å². The van der Waals surface area contributed by atoms with E-state index >= 15 is 0 Å². The van der Waals surface area contributed by atoms with Crippen molar-refractivity contribution in [1.82, 2.24) is 15.6 Å². The van der Waals surface area contributed by atoms with E-state index in [1.807, 2.05) is 6.92 Å². The number of thiophene rings is 1. The van der Waals surface area contributed by atoms with Crippen LogP contribution in [0.25, 0.3) is 0 Å². The van der Waals surface area contributed by atoms with Gasteiger partial charge in [-0.15, -0.1) is 22.7 Å². The number of aryl methyl sites for hydroxylation is 2. The van der Waals surface area contributed by atoms with Crippen LogP contribution in [0.1, 0.15) is 27.4 Å². The lowest BCUT2D eigenvalue weighted by molar-refractivity contribution is 0.791. The molecule has 21 heavy (non-hydrogen) atoms. The lowest BCUT2D eigenvalue weighted by atomic mass is 10.3. The van der Waals surface area contributed by atoms with E-state index < -0.39 is 0 Å². The van der Waals surface area contributed by atoms with Gasteiger partial charge in [0, 0.05) is 34.6 Å². The van der Waals surface area contributed by atoms with Gasteiger partial charge in [0.2, 0.25) is 0 Å². The molecule has 2 aromatic rings. The number of hydrogen-bond acceptors (Lipinski definition) is 4. The van der Waals surface area contributed by atoms with Crippen molar-refractivity contribution >= 4 is 28.6 Å². The Kier molecular flexibility index (Phi) is 6.20. The molecule has 0 atom stereocenters. The summed E-state index contributed by atoms with van der Waals surface area (Å²) in [5.74, 6) is 0.871. The maximum absolute atomic E-state index is 4.62. The Labute approximate surface area is 134 Å². The molecular formula is C15H22N4S2. The van der Waals surface area contributed by atoms with Crippen molar-refractivity contribution in [3.05, 3.63) is 38.0 Å². The van der Waals surface area contributed by atoms with E-state index in [0.717, 1.165) is 42.7 Å². The first-order chi connectivity index (χ1) is 10.2. The number of guanidine groups is 1.